The van der Waals surface area contributed by atoms with E-state index in [4.69, 9.17) is 15.2 Å². The van der Waals surface area contributed by atoms with Gasteiger partial charge in [0.05, 0.1) is 13.2 Å². The summed E-state index contributed by atoms with van der Waals surface area (Å²) >= 11 is 3.41. The summed E-state index contributed by atoms with van der Waals surface area (Å²) in [6.07, 6.45) is 0.00759. The first kappa shape index (κ1) is 9.80. The molecule has 1 aromatic carbocycles. The van der Waals surface area contributed by atoms with Crippen LogP contribution in [0.3, 0.4) is 0 Å². The van der Waals surface area contributed by atoms with Crippen LogP contribution in [0, 0.1) is 0 Å². The maximum atomic E-state index is 5.98. The molecule has 0 aromatic heterocycles. The third-order valence-corrected chi connectivity index (χ3v) is 2.89. The Morgan fingerprint density at radius 2 is 2.21 bits per heavy atom. The summed E-state index contributed by atoms with van der Waals surface area (Å²) in [5, 5.41) is 0. The minimum atomic E-state index is -0.0728. The van der Waals surface area contributed by atoms with E-state index in [0.717, 1.165) is 21.5 Å². The number of ether oxygens (including phenoxy) is 2. The number of nitrogens with two attached hydrogens (primary N) is 1. The van der Waals surface area contributed by atoms with Gasteiger partial charge in [-0.1, -0.05) is 15.9 Å². The average Bonchev–Trinajstić information content (AvgIpc) is 2.43. The Labute approximate surface area is 91.3 Å². The molecule has 3 nitrogen and oxygen atoms in total. The predicted molar refractivity (Wildman–Crippen MR) is 57.7 cm³/mol. The molecule has 0 amide bonds. The summed E-state index contributed by atoms with van der Waals surface area (Å²) < 4.78 is 11.8. The molecule has 0 saturated carbocycles. The molecule has 0 spiro atoms. The minimum Gasteiger partial charge on any atom is -0.493 e. The van der Waals surface area contributed by atoms with Crippen LogP contribution in [-0.4, -0.2) is 13.2 Å². The monoisotopic (exact) mass is 257 g/mol. The van der Waals surface area contributed by atoms with Crippen LogP contribution in [0.2, 0.25) is 0 Å². The smallest absolute Gasteiger partial charge is 0.166 e. The molecule has 1 heterocycles. The van der Waals surface area contributed by atoms with E-state index in [1.807, 2.05) is 19.1 Å². The van der Waals surface area contributed by atoms with Gasteiger partial charge in [0.25, 0.3) is 0 Å². The molecule has 0 bridgehead atoms. The number of fused-ring (bicyclic) bond motifs is 1. The molecular weight excluding hydrogens is 246 g/mol. The van der Waals surface area contributed by atoms with E-state index in [2.05, 4.69) is 15.9 Å². The first-order valence-corrected chi connectivity index (χ1v) is 5.22. The second-order valence-corrected chi connectivity index (χ2v) is 4.29. The normalized spacial score (nSPS) is 24.3. The molecule has 2 N–H and O–H groups in total. The number of methoxy groups -OCH3 is 1. The van der Waals surface area contributed by atoms with Gasteiger partial charge in [0, 0.05) is 10.0 Å². The van der Waals surface area contributed by atoms with Crippen molar-refractivity contribution in [2.75, 3.05) is 7.11 Å². The van der Waals surface area contributed by atoms with Crippen LogP contribution in [0.25, 0.3) is 0 Å². The lowest BCUT2D eigenvalue weighted by atomic mass is 10.1. The molecule has 1 aliphatic heterocycles. The molecule has 76 valence electrons. The molecule has 0 aliphatic carbocycles. The zero-order valence-corrected chi connectivity index (χ0v) is 9.67. The van der Waals surface area contributed by atoms with Crippen LogP contribution >= 0.6 is 15.9 Å². The van der Waals surface area contributed by atoms with Gasteiger partial charge >= 0.3 is 0 Å². The Bertz CT molecular complexity index is 367. The first-order chi connectivity index (χ1) is 6.63. The van der Waals surface area contributed by atoms with E-state index >= 15 is 0 Å². The summed E-state index contributed by atoms with van der Waals surface area (Å²) in [6.45, 7) is 1.96. The van der Waals surface area contributed by atoms with Crippen molar-refractivity contribution in [1.82, 2.24) is 0 Å². The van der Waals surface area contributed by atoms with Crippen molar-refractivity contribution in [3.8, 4) is 11.5 Å². The quantitative estimate of drug-likeness (QED) is 0.840. The average molecular weight is 258 g/mol. The predicted octanol–water partition coefficient (Wildman–Crippen LogP) is 2.24. The van der Waals surface area contributed by atoms with Gasteiger partial charge in [0.2, 0.25) is 0 Å². The van der Waals surface area contributed by atoms with Crippen molar-refractivity contribution >= 4 is 15.9 Å². The molecular formula is C10H12BrNO2. The third-order valence-electron chi connectivity index (χ3n) is 2.44. The van der Waals surface area contributed by atoms with Crippen LogP contribution in [0.1, 0.15) is 18.5 Å². The maximum absolute atomic E-state index is 5.98. The molecule has 4 heteroatoms. The lowest BCUT2D eigenvalue weighted by molar-refractivity contribution is 0.220. The fraction of sp³-hybridized carbons (Fsp3) is 0.400. The van der Waals surface area contributed by atoms with Crippen LogP contribution in [0.5, 0.6) is 11.5 Å². The van der Waals surface area contributed by atoms with Gasteiger partial charge < -0.3 is 15.2 Å². The second-order valence-electron chi connectivity index (χ2n) is 3.38. The zero-order chi connectivity index (χ0) is 10.3. The lowest BCUT2D eigenvalue weighted by Gasteiger charge is -2.08. The van der Waals surface area contributed by atoms with Crippen molar-refractivity contribution in [3.63, 3.8) is 0 Å². The molecule has 2 atom stereocenters. The largest absolute Gasteiger partial charge is 0.493 e. The highest BCUT2D eigenvalue weighted by Gasteiger charge is 2.31. The lowest BCUT2D eigenvalue weighted by Crippen LogP contribution is -2.21. The van der Waals surface area contributed by atoms with Crippen molar-refractivity contribution in [3.05, 3.63) is 22.2 Å². The molecule has 2 unspecified atom stereocenters. The third kappa shape index (κ3) is 1.38. The second kappa shape index (κ2) is 3.44. The van der Waals surface area contributed by atoms with E-state index < -0.39 is 0 Å². The summed E-state index contributed by atoms with van der Waals surface area (Å²) in [5.41, 5.74) is 6.98. The molecule has 14 heavy (non-hydrogen) atoms. The standard InChI is InChI=1S/C10H12BrNO2/c1-5-9(12)7-3-6(11)4-8(13-2)10(7)14-5/h3-5,9H,12H2,1-2H3. The molecule has 0 saturated heterocycles. The fourth-order valence-corrected chi connectivity index (χ4v) is 2.08. The van der Waals surface area contributed by atoms with Crippen molar-refractivity contribution in [2.24, 2.45) is 5.73 Å². The van der Waals surface area contributed by atoms with Crippen molar-refractivity contribution in [1.29, 1.82) is 0 Å². The number of hydrogen-bond acceptors (Lipinski definition) is 3. The Kier molecular flexibility index (Phi) is 2.41. The van der Waals surface area contributed by atoms with Crippen LogP contribution in [-0.2, 0) is 0 Å². The number of hydrogen-bond donors (Lipinski definition) is 1. The van der Waals surface area contributed by atoms with Gasteiger partial charge in [-0.2, -0.15) is 0 Å². The topological polar surface area (TPSA) is 44.5 Å². The Hall–Kier alpha value is -0.740. The summed E-state index contributed by atoms with van der Waals surface area (Å²) in [5.74, 6) is 1.50. The van der Waals surface area contributed by atoms with Crippen LogP contribution in [0.15, 0.2) is 16.6 Å². The highest BCUT2D eigenvalue weighted by Crippen LogP contribution is 2.43. The van der Waals surface area contributed by atoms with Gasteiger partial charge in [-0.15, -0.1) is 0 Å². The number of halogens is 1. The van der Waals surface area contributed by atoms with Gasteiger partial charge in [0.1, 0.15) is 6.10 Å². The van der Waals surface area contributed by atoms with E-state index in [1.54, 1.807) is 7.11 Å². The van der Waals surface area contributed by atoms with Crippen LogP contribution < -0.4 is 15.2 Å². The fourth-order valence-electron chi connectivity index (χ4n) is 1.63. The summed E-state index contributed by atoms with van der Waals surface area (Å²) in [6, 6.07) is 3.78. The molecule has 1 aliphatic rings. The number of rotatable bonds is 1. The molecule has 1 aromatic rings. The zero-order valence-electron chi connectivity index (χ0n) is 8.08. The van der Waals surface area contributed by atoms with Gasteiger partial charge in [-0.05, 0) is 19.1 Å². The van der Waals surface area contributed by atoms with Gasteiger partial charge in [-0.25, -0.2) is 0 Å². The van der Waals surface area contributed by atoms with Crippen molar-refractivity contribution < 1.29 is 9.47 Å². The van der Waals surface area contributed by atoms with E-state index in [0.29, 0.717) is 0 Å². The first-order valence-electron chi connectivity index (χ1n) is 4.43. The molecule has 2 rings (SSSR count). The van der Waals surface area contributed by atoms with Gasteiger partial charge in [-0.3, -0.25) is 0 Å². The Morgan fingerprint density at radius 1 is 1.50 bits per heavy atom. The van der Waals surface area contributed by atoms with Crippen molar-refractivity contribution in [2.45, 2.75) is 19.1 Å². The summed E-state index contributed by atoms with van der Waals surface area (Å²) in [4.78, 5) is 0. The molecule has 0 radical (unpaired) electrons. The van der Waals surface area contributed by atoms with E-state index in [1.165, 1.54) is 0 Å². The van der Waals surface area contributed by atoms with E-state index in [-0.39, 0.29) is 12.1 Å². The van der Waals surface area contributed by atoms with E-state index in [9.17, 15) is 0 Å². The minimum absolute atomic E-state index is 0.00759. The van der Waals surface area contributed by atoms with Crippen LogP contribution in [0.4, 0.5) is 0 Å². The summed E-state index contributed by atoms with van der Waals surface area (Å²) in [7, 11) is 1.62. The van der Waals surface area contributed by atoms with Gasteiger partial charge in [0.15, 0.2) is 11.5 Å². The maximum Gasteiger partial charge on any atom is 0.166 e. The highest BCUT2D eigenvalue weighted by molar-refractivity contribution is 9.10. The SMILES string of the molecule is COc1cc(Br)cc2c1OC(C)C2N. The number of benzene rings is 1. The molecule has 0 fully saturated rings. The Morgan fingerprint density at radius 3 is 2.86 bits per heavy atom. The highest BCUT2D eigenvalue weighted by atomic mass is 79.9. The Balaban J connectivity index is 2.55.